The molecular formula is C33H36N2O6. The van der Waals surface area contributed by atoms with Crippen LogP contribution in [0.25, 0.3) is 0 Å². The highest BCUT2D eigenvalue weighted by Gasteiger charge is 2.31. The molecular weight excluding hydrogens is 520 g/mol. The van der Waals surface area contributed by atoms with Gasteiger partial charge in [0.2, 0.25) is 0 Å². The lowest BCUT2D eigenvalue weighted by Gasteiger charge is -2.28. The van der Waals surface area contributed by atoms with E-state index in [1.807, 2.05) is 90.1 Å². The Kier molecular flexibility index (Phi) is 8.09. The minimum absolute atomic E-state index is 0.0727. The van der Waals surface area contributed by atoms with Gasteiger partial charge in [-0.1, -0.05) is 65.8 Å². The van der Waals surface area contributed by atoms with Crippen molar-refractivity contribution in [3.63, 3.8) is 0 Å². The normalized spacial score (nSPS) is 14.1. The molecule has 8 heteroatoms. The fraction of sp³-hybridized carbons (Fsp3) is 0.364. The lowest BCUT2D eigenvalue weighted by molar-refractivity contribution is -0.191. The third-order valence-corrected chi connectivity index (χ3v) is 7.37. The van der Waals surface area contributed by atoms with Crippen LogP contribution in [-0.4, -0.2) is 34.3 Å². The molecule has 0 aromatic heterocycles. The van der Waals surface area contributed by atoms with Crippen molar-refractivity contribution in [3.05, 3.63) is 87.5 Å². The first-order valence-electron chi connectivity index (χ1n) is 13.5. The first kappa shape index (κ1) is 29.6. The maximum absolute atomic E-state index is 13.6. The van der Waals surface area contributed by atoms with E-state index in [2.05, 4.69) is 0 Å². The van der Waals surface area contributed by atoms with E-state index in [0.717, 1.165) is 33.4 Å². The minimum atomic E-state index is -0.326. The summed E-state index contributed by atoms with van der Waals surface area (Å²) in [5.41, 5.74) is 5.28. The summed E-state index contributed by atoms with van der Waals surface area (Å²) in [6.45, 7) is 13.6. The maximum Gasteiger partial charge on any atom is 0.373 e. The Morgan fingerprint density at radius 3 is 1.85 bits per heavy atom. The number of aromatic hydroxyl groups is 1. The predicted octanol–water partition coefficient (Wildman–Crippen LogP) is 5.90. The molecule has 3 aromatic carbocycles. The number of hydrogen-bond donors (Lipinski definition) is 2. The maximum atomic E-state index is 13.6. The van der Waals surface area contributed by atoms with Gasteiger partial charge in [-0.2, -0.15) is 9.59 Å². The minimum Gasteiger partial charge on any atom is -0.507 e. The monoisotopic (exact) mass is 556 g/mol. The molecule has 0 aliphatic carbocycles. The van der Waals surface area contributed by atoms with E-state index < -0.39 is 0 Å². The van der Waals surface area contributed by atoms with Gasteiger partial charge in [0.1, 0.15) is 24.8 Å². The molecule has 0 atom stereocenters. The molecule has 0 unspecified atom stereocenters. The van der Waals surface area contributed by atoms with Crippen LogP contribution >= 0.6 is 0 Å². The number of carbonyl (C=O) groups is 1. The molecule has 41 heavy (non-hydrogen) atoms. The molecule has 2 N–H and O–H groups in total. The number of rotatable bonds is 3. The summed E-state index contributed by atoms with van der Waals surface area (Å²) in [5, 5.41) is 19.9. The van der Waals surface area contributed by atoms with Crippen molar-refractivity contribution >= 4 is 17.8 Å². The van der Waals surface area contributed by atoms with E-state index in [4.69, 9.17) is 24.5 Å². The Hall–Kier alpha value is -4.42. The lowest BCUT2D eigenvalue weighted by Crippen LogP contribution is -2.30. The molecule has 8 nitrogen and oxygen atoms in total. The van der Waals surface area contributed by atoms with Crippen LogP contribution in [0.4, 0.5) is 0 Å². The van der Waals surface area contributed by atoms with E-state index in [1.54, 1.807) is 4.90 Å². The van der Waals surface area contributed by atoms with Crippen LogP contribution in [0.15, 0.2) is 48.5 Å². The zero-order chi connectivity index (χ0) is 30.1. The van der Waals surface area contributed by atoms with E-state index >= 15 is 0 Å². The second-order valence-electron chi connectivity index (χ2n) is 12.4. The van der Waals surface area contributed by atoms with Crippen LogP contribution in [0.2, 0.25) is 0 Å². The Labute approximate surface area is 240 Å². The van der Waals surface area contributed by atoms with Crippen molar-refractivity contribution in [2.24, 2.45) is 0 Å². The van der Waals surface area contributed by atoms with Gasteiger partial charge in [-0.25, -0.2) is 0 Å². The van der Waals surface area contributed by atoms with E-state index in [9.17, 15) is 9.90 Å². The molecule has 0 amide bonds. The smallest absolute Gasteiger partial charge is 0.373 e. The first-order valence-corrected chi connectivity index (χ1v) is 13.5. The third-order valence-electron chi connectivity index (χ3n) is 7.37. The molecule has 2 aliphatic heterocycles. The fourth-order valence-electron chi connectivity index (χ4n) is 5.12. The number of nitrogens with one attached hydrogen (secondary N) is 1. The zero-order valence-electron chi connectivity index (χ0n) is 24.4. The Morgan fingerprint density at radius 1 is 0.878 bits per heavy atom. The van der Waals surface area contributed by atoms with Crippen molar-refractivity contribution < 1.29 is 29.0 Å². The van der Waals surface area contributed by atoms with Crippen molar-refractivity contribution in [2.75, 3.05) is 6.54 Å². The van der Waals surface area contributed by atoms with Crippen LogP contribution in [0.1, 0.15) is 85.3 Å². The largest absolute Gasteiger partial charge is 0.507 e. The van der Waals surface area contributed by atoms with Gasteiger partial charge in [0.05, 0.1) is 6.54 Å². The summed E-state index contributed by atoms with van der Waals surface area (Å²) in [7, 11) is 0. The molecule has 0 spiro atoms. The van der Waals surface area contributed by atoms with Crippen LogP contribution in [0, 0.1) is 5.41 Å². The van der Waals surface area contributed by atoms with Gasteiger partial charge in [-0.3, -0.25) is 10.2 Å². The standard InChI is InChI=1S/C32H36N2O4.CO2/c1-31(2,3)24-11-21(12-25(29(24)36)32(4,5)6)26(35)16-34-15-22-13-27-28(14-23(22)30(34)33)38-18-20-10-8-7-9-19(20)17-37-27;2-1-3/h7-14,33,36H,15-18H2,1-6H3;. The SMILES string of the molecule is CC(C)(C)c1cc(C(=O)CN2Cc3cc4c(cc3C2=N)OCc2ccccc2CO4)cc(C(C)(C)C)c1O.O=C=O. The Bertz CT molecular complexity index is 1500. The topological polar surface area (TPSA) is 117 Å². The average molecular weight is 557 g/mol. The first-order chi connectivity index (χ1) is 19.2. The second-order valence-corrected chi connectivity index (χ2v) is 12.4. The molecule has 0 radical (unpaired) electrons. The number of ether oxygens (including phenoxy) is 2. The summed E-state index contributed by atoms with van der Waals surface area (Å²) in [6, 6.07) is 15.5. The van der Waals surface area contributed by atoms with Gasteiger partial charge in [-0.05, 0) is 51.8 Å². The summed E-state index contributed by atoms with van der Waals surface area (Å²) >= 11 is 0. The van der Waals surface area contributed by atoms with Gasteiger partial charge < -0.3 is 19.5 Å². The molecule has 0 saturated heterocycles. The van der Waals surface area contributed by atoms with E-state index in [0.29, 0.717) is 42.7 Å². The number of phenolic OH excluding ortho intramolecular Hbond substituents is 1. The van der Waals surface area contributed by atoms with Gasteiger partial charge in [0.15, 0.2) is 17.3 Å². The zero-order valence-corrected chi connectivity index (χ0v) is 24.4. The summed E-state index contributed by atoms with van der Waals surface area (Å²) < 4.78 is 12.2. The predicted molar refractivity (Wildman–Crippen MR) is 154 cm³/mol. The van der Waals surface area contributed by atoms with Crippen LogP contribution in [0.3, 0.4) is 0 Å². The van der Waals surface area contributed by atoms with Crippen LogP contribution in [0.5, 0.6) is 17.2 Å². The fourth-order valence-corrected chi connectivity index (χ4v) is 5.12. The molecule has 0 bridgehead atoms. The quantitative estimate of drug-likeness (QED) is 0.386. The Balaban J connectivity index is 0.00000124. The third kappa shape index (κ3) is 6.18. The molecule has 0 saturated carbocycles. The number of nitrogens with zero attached hydrogens (tertiary/aromatic N) is 1. The number of amidine groups is 1. The van der Waals surface area contributed by atoms with E-state index in [-0.39, 0.29) is 35.1 Å². The molecule has 3 aromatic rings. The molecule has 2 aliphatic rings. The Morgan fingerprint density at radius 2 is 1.37 bits per heavy atom. The summed E-state index contributed by atoms with van der Waals surface area (Å²) in [6.07, 6.45) is 0.250. The molecule has 0 fully saturated rings. The molecule has 5 rings (SSSR count). The number of benzene rings is 3. The van der Waals surface area contributed by atoms with Crippen LogP contribution < -0.4 is 9.47 Å². The van der Waals surface area contributed by atoms with Crippen molar-refractivity contribution in [2.45, 2.75) is 72.1 Å². The number of hydrogen-bond acceptors (Lipinski definition) is 7. The number of ketones is 1. The highest BCUT2D eigenvalue weighted by Crippen LogP contribution is 2.41. The number of carbonyl (C=O) groups excluding carboxylic acids is 3. The van der Waals surface area contributed by atoms with Crippen molar-refractivity contribution in [1.82, 2.24) is 4.90 Å². The van der Waals surface area contributed by atoms with Gasteiger partial charge in [0.25, 0.3) is 0 Å². The highest BCUT2D eigenvalue weighted by molar-refractivity contribution is 6.05. The number of fused-ring (bicyclic) bond motifs is 3. The second kappa shape index (κ2) is 11.2. The highest BCUT2D eigenvalue weighted by atomic mass is 16.5. The van der Waals surface area contributed by atoms with E-state index in [1.165, 1.54) is 0 Å². The van der Waals surface area contributed by atoms with Gasteiger partial charge in [0, 0.05) is 28.8 Å². The average Bonchev–Trinajstić information content (AvgIpc) is 3.18. The molecule has 214 valence electrons. The van der Waals surface area contributed by atoms with Gasteiger partial charge >= 0.3 is 6.15 Å². The van der Waals surface area contributed by atoms with Crippen molar-refractivity contribution in [1.29, 1.82) is 5.41 Å². The summed E-state index contributed by atoms with van der Waals surface area (Å²) in [5.74, 6) is 1.73. The number of phenols is 1. The van der Waals surface area contributed by atoms with Crippen molar-refractivity contribution in [3.8, 4) is 17.2 Å². The molecule has 2 heterocycles. The van der Waals surface area contributed by atoms with Gasteiger partial charge in [-0.15, -0.1) is 0 Å². The number of Topliss-reactive ketones (excluding diaryl/α,β-unsaturated/α-hetero) is 1. The van der Waals surface area contributed by atoms with Crippen LogP contribution in [-0.2, 0) is 40.2 Å². The lowest BCUT2D eigenvalue weighted by atomic mass is 9.78. The summed E-state index contributed by atoms with van der Waals surface area (Å²) in [4.78, 5) is 31.6.